The number of halogens is 1. The van der Waals surface area contributed by atoms with Crippen LogP contribution in [0.25, 0.3) is 0 Å². The fourth-order valence-electron chi connectivity index (χ4n) is 9.39. The van der Waals surface area contributed by atoms with Crippen molar-refractivity contribution in [2.24, 2.45) is 17.8 Å². The third kappa shape index (κ3) is 12.3. The zero-order chi connectivity index (χ0) is 46.6. The number of nitrogens with zero attached hydrogens (tertiary/aromatic N) is 6. The SMILES string of the molecule is CC[C@H]1OC(=O)[C@H](C)[C@@H](O)[C@H](C)[C@@H](OC2O[C@H](C)C[C@H](N(C)CCOCc3cn(C[C@H]4CN(c5cccc(F)c5)C(=O)O4)nn3)[C@H]2O)[C@](C)(O)C[C@@H](C)CN(C)[C@H](C)[C@@H](O)[C@]1(C)O. The van der Waals surface area contributed by atoms with E-state index in [-0.39, 0.29) is 51.2 Å². The fraction of sp³-hybridized carbons (Fsp3) is 0.773. The summed E-state index contributed by atoms with van der Waals surface area (Å²) in [4.78, 5) is 31.2. The number of aliphatic hydroxyl groups excluding tert-OH is 3. The average Bonchev–Trinajstić information content (AvgIpc) is 3.83. The molecule has 3 saturated heterocycles. The van der Waals surface area contributed by atoms with Crippen molar-refractivity contribution in [3.05, 3.63) is 42.0 Å². The number of hydrogen-bond acceptors (Lipinski definition) is 16. The van der Waals surface area contributed by atoms with E-state index in [0.717, 1.165) is 0 Å². The molecule has 1 aromatic carbocycles. The summed E-state index contributed by atoms with van der Waals surface area (Å²) < 4.78 is 45.2. The van der Waals surface area contributed by atoms with Gasteiger partial charge in [-0.3, -0.25) is 14.6 Å². The zero-order valence-electron chi connectivity index (χ0n) is 38.4. The number of esters is 1. The van der Waals surface area contributed by atoms with Gasteiger partial charge in [-0.2, -0.15) is 0 Å². The molecule has 1 unspecified atom stereocenters. The summed E-state index contributed by atoms with van der Waals surface area (Å²) in [6.45, 7) is 15.3. The molecule has 0 spiro atoms. The first-order valence-corrected chi connectivity index (χ1v) is 22.1. The highest BCUT2D eigenvalue weighted by molar-refractivity contribution is 5.89. The van der Waals surface area contributed by atoms with Crippen LogP contribution >= 0.6 is 0 Å². The number of aliphatic hydroxyl groups is 5. The minimum absolute atomic E-state index is 0.154. The molecule has 4 heterocycles. The molecule has 19 heteroatoms. The van der Waals surface area contributed by atoms with Gasteiger partial charge in [0, 0.05) is 31.1 Å². The molecule has 0 saturated carbocycles. The first-order chi connectivity index (χ1) is 29.5. The number of amides is 1. The molecule has 356 valence electrons. The van der Waals surface area contributed by atoms with Crippen LogP contribution in [0.3, 0.4) is 0 Å². The number of carbonyl (C=O) groups excluding carboxylic acids is 2. The lowest BCUT2D eigenvalue weighted by molar-refractivity contribution is -0.300. The maximum Gasteiger partial charge on any atom is 0.414 e. The normalized spacial score (nSPS) is 38.0. The van der Waals surface area contributed by atoms with Gasteiger partial charge in [0.05, 0.1) is 68.0 Å². The standard InChI is InChI=1S/C44H71FN6O12/c1-11-35-44(8,58)38(54)29(6)49(10)20-25(2)19-43(7,57)39(27(4)36(52)28(5)40(55)62-35)63-41-37(53)34(17-26(3)60-41)48(9)15-16-59-24-31-21-50(47-46-31)22-33-23-51(42(56)61-33)32-14-12-13-30(45)18-32/h12-14,18,21,25-29,33-39,41,52-54,57-58H,11,15-17,19-20,22-24H2,1-10H3/t25-,26-,27+,28-,29-,33+,34+,35-,36+,37-,38-,39-,41?,43-,44-/m1/s1. The maximum atomic E-state index is 13.7. The number of anilines is 1. The van der Waals surface area contributed by atoms with Gasteiger partial charge in [-0.1, -0.05) is 32.1 Å². The van der Waals surface area contributed by atoms with Crippen LogP contribution in [0, 0.1) is 23.6 Å². The highest BCUT2D eigenvalue weighted by Crippen LogP contribution is 2.37. The number of hydrogen-bond donors (Lipinski definition) is 5. The number of cyclic esters (lactones) is 2. The van der Waals surface area contributed by atoms with Crippen molar-refractivity contribution in [2.75, 3.05) is 45.2 Å². The molecule has 0 aliphatic carbocycles. The minimum atomic E-state index is -1.80. The fourth-order valence-corrected chi connectivity index (χ4v) is 9.39. The smallest absolute Gasteiger partial charge is 0.414 e. The van der Waals surface area contributed by atoms with Crippen LogP contribution in [-0.2, 0) is 41.6 Å². The molecule has 5 N–H and O–H groups in total. The van der Waals surface area contributed by atoms with E-state index in [4.69, 9.17) is 23.7 Å². The van der Waals surface area contributed by atoms with Gasteiger partial charge in [0.2, 0.25) is 0 Å². The Kier molecular flexibility index (Phi) is 17.1. The van der Waals surface area contributed by atoms with Crippen LogP contribution in [0.4, 0.5) is 14.9 Å². The molecule has 3 fully saturated rings. The van der Waals surface area contributed by atoms with Crippen molar-refractivity contribution >= 4 is 17.7 Å². The Morgan fingerprint density at radius 2 is 1.75 bits per heavy atom. The third-order valence-corrected chi connectivity index (χ3v) is 13.2. The van der Waals surface area contributed by atoms with E-state index in [1.807, 2.05) is 37.7 Å². The molecule has 0 bridgehead atoms. The van der Waals surface area contributed by atoms with Crippen LogP contribution in [0.5, 0.6) is 0 Å². The zero-order valence-corrected chi connectivity index (χ0v) is 38.4. The monoisotopic (exact) mass is 895 g/mol. The molecular weight excluding hydrogens is 824 g/mol. The predicted molar refractivity (Wildman–Crippen MR) is 228 cm³/mol. The van der Waals surface area contributed by atoms with Crippen molar-refractivity contribution in [3.63, 3.8) is 0 Å². The van der Waals surface area contributed by atoms with Crippen molar-refractivity contribution in [1.29, 1.82) is 0 Å². The van der Waals surface area contributed by atoms with Crippen LogP contribution in [0.2, 0.25) is 0 Å². The van der Waals surface area contributed by atoms with Gasteiger partial charge in [-0.05, 0) is 92.1 Å². The number of carbonyl (C=O) groups is 2. The molecule has 63 heavy (non-hydrogen) atoms. The van der Waals surface area contributed by atoms with E-state index < -0.39 is 95.9 Å². The average molecular weight is 895 g/mol. The molecule has 1 amide bonds. The van der Waals surface area contributed by atoms with E-state index in [0.29, 0.717) is 30.9 Å². The van der Waals surface area contributed by atoms with Crippen molar-refractivity contribution in [3.8, 4) is 0 Å². The van der Waals surface area contributed by atoms with Gasteiger partial charge in [-0.25, -0.2) is 13.9 Å². The number of ether oxygens (including phenoxy) is 5. The Hall–Kier alpha value is -3.37. The topological polar surface area (TPSA) is 222 Å². The maximum absolute atomic E-state index is 13.7. The molecule has 0 radical (unpaired) electrons. The summed E-state index contributed by atoms with van der Waals surface area (Å²) in [7, 11) is 3.67. The van der Waals surface area contributed by atoms with E-state index >= 15 is 0 Å². The van der Waals surface area contributed by atoms with Gasteiger partial charge in [0.1, 0.15) is 41.5 Å². The molecule has 18 nitrogen and oxygen atoms in total. The highest BCUT2D eigenvalue weighted by atomic mass is 19.1. The number of likely N-dealkylation sites (N-methyl/N-ethyl adjacent to an activating group) is 2. The van der Waals surface area contributed by atoms with Gasteiger partial charge >= 0.3 is 12.1 Å². The molecule has 3 aliphatic heterocycles. The first kappa shape index (κ1) is 50.6. The van der Waals surface area contributed by atoms with Gasteiger partial charge in [-0.15, -0.1) is 5.10 Å². The van der Waals surface area contributed by atoms with Gasteiger partial charge in [0.25, 0.3) is 0 Å². The quantitative estimate of drug-likeness (QED) is 0.152. The number of rotatable bonds is 12. The van der Waals surface area contributed by atoms with Gasteiger partial charge in [0.15, 0.2) is 6.29 Å². The third-order valence-electron chi connectivity index (χ3n) is 13.2. The first-order valence-electron chi connectivity index (χ1n) is 22.1. The Labute approximate surface area is 370 Å². The Morgan fingerprint density at radius 1 is 1.03 bits per heavy atom. The second-order valence-corrected chi connectivity index (χ2v) is 18.7. The summed E-state index contributed by atoms with van der Waals surface area (Å²) in [5, 5.41) is 66.9. The molecule has 3 aliphatic rings. The summed E-state index contributed by atoms with van der Waals surface area (Å²) in [6, 6.07) is 4.75. The largest absolute Gasteiger partial charge is 0.459 e. The van der Waals surface area contributed by atoms with Crippen LogP contribution in [-0.4, -0.2) is 175 Å². The lowest BCUT2D eigenvalue weighted by Gasteiger charge is -2.47. The van der Waals surface area contributed by atoms with E-state index in [1.165, 1.54) is 36.9 Å². The molecular formula is C44H71FN6O12. The van der Waals surface area contributed by atoms with Crippen LogP contribution in [0.1, 0.15) is 80.3 Å². The Morgan fingerprint density at radius 3 is 2.43 bits per heavy atom. The van der Waals surface area contributed by atoms with E-state index in [9.17, 15) is 39.5 Å². The van der Waals surface area contributed by atoms with E-state index in [1.54, 1.807) is 44.6 Å². The van der Waals surface area contributed by atoms with Gasteiger partial charge < -0.3 is 54.1 Å². The molecule has 15 atom stereocenters. The second kappa shape index (κ2) is 21.3. The second-order valence-electron chi connectivity index (χ2n) is 18.7. The summed E-state index contributed by atoms with van der Waals surface area (Å²) in [5.41, 5.74) is -2.43. The predicted octanol–water partition coefficient (Wildman–Crippen LogP) is 2.32. The number of aromatic nitrogens is 3. The molecule has 2 aromatic rings. The van der Waals surface area contributed by atoms with Crippen LogP contribution in [0.15, 0.2) is 30.5 Å². The summed E-state index contributed by atoms with van der Waals surface area (Å²) in [6.07, 6.45) is -6.13. The molecule has 1 aromatic heterocycles. The lowest BCUT2D eigenvalue weighted by Crippen LogP contribution is -2.59. The highest BCUT2D eigenvalue weighted by Gasteiger charge is 2.50. The summed E-state index contributed by atoms with van der Waals surface area (Å²) >= 11 is 0. The number of benzene rings is 1. The van der Waals surface area contributed by atoms with Crippen molar-refractivity contribution in [1.82, 2.24) is 24.8 Å². The minimum Gasteiger partial charge on any atom is -0.459 e. The van der Waals surface area contributed by atoms with Crippen LogP contribution < -0.4 is 4.90 Å². The Bertz CT molecular complexity index is 1800. The molecule has 5 rings (SSSR count). The van der Waals surface area contributed by atoms with E-state index in [2.05, 4.69) is 10.3 Å². The summed E-state index contributed by atoms with van der Waals surface area (Å²) in [5.74, 6) is -3.39. The Balaban J connectivity index is 1.21. The lowest BCUT2D eigenvalue weighted by atomic mass is 9.78. The van der Waals surface area contributed by atoms with Crippen molar-refractivity contribution < 1.29 is 63.2 Å². The van der Waals surface area contributed by atoms with Crippen molar-refractivity contribution in [2.45, 2.75) is 160 Å².